The van der Waals surface area contributed by atoms with Crippen molar-refractivity contribution in [2.24, 2.45) is 0 Å². The van der Waals surface area contributed by atoms with E-state index in [4.69, 9.17) is 4.74 Å². The van der Waals surface area contributed by atoms with Gasteiger partial charge in [-0.05, 0) is 30.7 Å². The predicted octanol–water partition coefficient (Wildman–Crippen LogP) is 2.98. The van der Waals surface area contributed by atoms with Gasteiger partial charge in [0.05, 0.1) is 11.2 Å². The molecule has 6 heteroatoms. The van der Waals surface area contributed by atoms with Crippen molar-refractivity contribution in [1.82, 2.24) is 4.98 Å². The van der Waals surface area contributed by atoms with E-state index in [2.05, 4.69) is 10.5 Å². The Hall–Kier alpha value is -2.57. The lowest BCUT2D eigenvalue weighted by Crippen LogP contribution is -2.07. The first-order valence-electron chi connectivity index (χ1n) is 6.81. The van der Waals surface area contributed by atoms with Gasteiger partial charge in [-0.25, -0.2) is 0 Å². The number of hydrogen-bond acceptors (Lipinski definition) is 5. The summed E-state index contributed by atoms with van der Waals surface area (Å²) in [6.07, 6.45) is -1.30. The molecule has 0 fully saturated rings. The van der Waals surface area contributed by atoms with E-state index in [-0.39, 0.29) is 0 Å². The fourth-order valence-corrected chi connectivity index (χ4v) is 2.69. The number of aliphatic hydroxyl groups excluding tert-OH is 1. The highest BCUT2D eigenvalue weighted by Crippen LogP contribution is 2.33. The molecular formula is C16H16N2O4. The molecular weight excluding hydrogens is 284 g/mol. The molecule has 0 unspecified atom stereocenters. The van der Waals surface area contributed by atoms with Crippen molar-refractivity contribution >= 4 is 33.5 Å². The number of rotatable bonds is 3. The Morgan fingerprint density at radius 2 is 2.05 bits per heavy atom. The highest BCUT2D eigenvalue weighted by Gasteiger charge is 2.16. The van der Waals surface area contributed by atoms with Crippen molar-refractivity contribution in [3.8, 4) is 0 Å². The van der Waals surface area contributed by atoms with Crippen molar-refractivity contribution < 1.29 is 19.8 Å². The van der Waals surface area contributed by atoms with Crippen LogP contribution in [0.4, 0.5) is 5.69 Å². The van der Waals surface area contributed by atoms with Gasteiger partial charge in [0.15, 0.2) is 0 Å². The molecule has 0 radical (unpaired) electrons. The van der Waals surface area contributed by atoms with Gasteiger partial charge in [-0.15, -0.1) is 0 Å². The maximum Gasteiger partial charge on any atom is 0.305 e. The van der Waals surface area contributed by atoms with Gasteiger partial charge in [0.25, 0.3) is 0 Å². The lowest BCUT2D eigenvalue weighted by Gasteiger charge is -2.12. The lowest BCUT2D eigenvalue weighted by molar-refractivity contribution is -0.166. The monoisotopic (exact) mass is 300 g/mol. The number of fused-ring (bicyclic) bond motifs is 3. The second-order valence-electron chi connectivity index (χ2n) is 5.19. The zero-order valence-corrected chi connectivity index (χ0v) is 12.2. The number of nitrogens with one attached hydrogen (secondary N) is 2. The Kier molecular flexibility index (Phi) is 3.48. The van der Waals surface area contributed by atoms with Crippen molar-refractivity contribution in [3.63, 3.8) is 0 Å². The van der Waals surface area contributed by atoms with Gasteiger partial charge in [-0.1, -0.05) is 12.1 Å². The summed E-state index contributed by atoms with van der Waals surface area (Å²) in [5.74, 6) is -0.545. The number of esters is 1. The van der Waals surface area contributed by atoms with Gasteiger partial charge in [0.1, 0.15) is 0 Å². The topological polar surface area (TPSA) is 94.6 Å². The maximum atomic E-state index is 11.0. The zero-order chi connectivity index (χ0) is 15.9. The molecule has 0 saturated carbocycles. The summed E-state index contributed by atoms with van der Waals surface area (Å²) in [6, 6.07) is 9.02. The highest BCUT2D eigenvalue weighted by molar-refractivity contribution is 6.12. The smallest absolute Gasteiger partial charge is 0.305 e. The van der Waals surface area contributed by atoms with Crippen LogP contribution in [0.15, 0.2) is 30.3 Å². The van der Waals surface area contributed by atoms with E-state index in [1.807, 2.05) is 19.1 Å². The van der Waals surface area contributed by atoms with Gasteiger partial charge < -0.3 is 14.8 Å². The average molecular weight is 300 g/mol. The van der Waals surface area contributed by atoms with E-state index < -0.39 is 12.3 Å². The van der Waals surface area contributed by atoms with E-state index in [0.717, 1.165) is 27.4 Å². The van der Waals surface area contributed by atoms with Crippen molar-refractivity contribution in [1.29, 1.82) is 0 Å². The minimum absolute atomic E-state index is 0.503. The highest BCUT2D eigenvalue weighted by atomic mass is 16.6. The molecule has 114 valence electrons. The maximum absolute atomic E-state index is 11.0. The molecule has 22 heavy (non-hydrogen) atoms. The van der Waals surface area contributed by atoms with Crippen LogP contribution in [0.2, 0.25) is 0 Å². The first-order valence-corrected chi connectivity index (χ1v) is 6.81. The molecule has 1 atom stereocenters. The van der Waals surface area contributed by atoms with Crippen LogP contribution >= 0.6 is 0 Å². The molecule has 0 aliphatic rings. The summed E-state index contributed by atoms with van der Waals surface area (Å²) >= 11 is 0. The Morgan fingerprint density at radius 3 is 2.73 bits per heavy atom. The normalized spacial score (nSPS) is 12.5. The van der Waals surface area contributed by atoms with E-state index in [0.29, 0.717) is 11.3 Å². The van der Waals surface area contributed by atoms with Gasteiger partial charge >= 0.3 is 5.97 Å². The average Bonchev–Trinajstić information content (AvgIpc) is 2.86. The van der Waals surface area contributed by atoms with E-state index in [1.165, 1.54) is 6.92 Å². The first kappa shape index (κ1) is 14.4. The summed E-state index contributed by atoms with van der Waals surface area (Å²) in [6.45, 7) is 3.15. The van der Waals surface area contributed by atoms with Crippen LogP contribution in [0.5, 0.6) is 0 Å². The quantitative estimate of drug-likeness (QED) is 0.339. The number of para-hydroxylation sites is 1. The van der Waals surface area contributed by atoms with Crippen molar-refractivity contribution in [3.05, 3.63) is 41.5 Å². The Balaban J connectivity index is 2.24. The van der Waals surface area contributed by atoms with Gasteiger partial charge in [0.2, 0.25) is 6.29 Å². The summed E-state index contributed by atoms with van der Waals surface area (Å²) in [4.78, 5) is 14.3. The third-order valence-electron chi connectivity index (χ3n) is 3.65. The molecule has 0 aliphatic heterocycles. The number of aliphatic hydroxyl groups is 1. The van der Waals surface area contributed by atoms with E-state index in [9.17, 15) is 15.1 Å². The number of carbonyl (C=O) groups excluding carboxylic acids is 1. The standard InChI is InChI=1S/C16H16N2O4/c1-8-6-10(16(20)22-9(2)19)7-12-11-4-3-5-13(18-21)15(11)17-14(8)12/h3-7,16-18,20-21H,1-2H3/t16-/m0/s1. The molecule has 0 saturated heterocycles. The minimum Gasteiger partial charge on any atom is -0.432 e. The second kappa shape index (κ2) is 5.32. The van der Waals surface area contributed by atoms with Crippen LogP contribution in [-0.2, 0) is 9.53 Å². The number of aryl methyl sites for hydroxylation is 1. The van der Waals surface area contributed by atoms with Crippen LogP contribution < -0.4 is 5.48 Å². The van der Waals surface area contributed by atoms with E-state index >= 15 is 0 Å². The molecule has 6 nitrogen and oxygen atoms in total. The Bertz CT molecular complexity index is 869. The molecule has 3 aromatic rings. The molecule has 0 aliphatic carbocycles. The van der Waals surface area contributed by atoms with Crippen LogP contribution in [0.1, 0.15) is 24.3 Å². The number of ether oxygens (including phenoxy) is 1. The molecule has 2 aromatic carbocycles. The fraction of sp³-hybridized carbons (Fsp3) is 0.188. The van der Waals surface area contributed by atoms with Crippen LogP contribution in [0, 0.1) is 6.92 Å². The van der Waals surface area contributed by atoms with Gasteiger partial charge in [-0.2, -0.15) is 0 Å². The third-order valence-corrected chi connectivity index (χ3v) is 3.65. The SMILES string of the molecule is CC(=O)O[C@H](O)c1cc(C)c2[nH]c3c(NO)cccc3c2c1. The Morgan fingerprint density at radius 1 is 1.27 bits per heavy atom. The molecule has 3 rings (SSSR count). The van der Waals surface area contributed by atoms with E-state index in [1.54, 1.807) is 18.2 Å². The molecule has 0 bridgehead atoms. The predicted molar refractivity (Wildman–Crippen MR) is 82.7 cm³/mol. The summed E-state index contributed by atoms with van der Waals surface area (Å²) in [5.41, 5.74) is 5.80. The number of anilines is 1. The van der Waals surface area contributed by atoms with Crippen LogP contribution in [0.3, 0.4) is 0 Å². The number of aromatic nitrogens is 1. The fourth-order valence-electron chi connectivity index (χ4n) is 2.69. The number of hydrogen-bond donors (Lipinski definition) is 4. The van der Waals surface area contributed by atoms with Gasteiger partial charge in [-0.3, -0.25) is 15.5 Å². The van der Waals surface area contributed by atoms with Crippen molar-refractivity contribution in [2.75, 3.05) is 5.48 Å². The zero-order valence-electron chi connectivity index (χ0n) is 12.2. The lowest BCUT2D eigenvalue weighted by atomic mass is 10.0. The first-order chi connectivity index (χ1) is 10.5. The molecule has 0 amide bonds. The summed E-state index contributed by atoms with van der Waals surface area (Å²) in [5, 5.41) is 21.0. The number of H-pyrrole nitrogens is 1. The van der Waals surface area contributed by atoms with Gasteiger partial charge in [0, 0.05) is 28.8 Å². The second-order valence-corrected chi connectivity index (χ2v) is 5.19. The number of benzene rings is 2. The molecule has 0 spiro atoms. The van der Waals surface area contributed by atoms with Crippen molar-refractivity contribution in [2.45, 2.75) is 20.1 Å². The minimum atomic E-state index is -1.30. The van der Waals surface area contributed by atoms with Crippen LogP contribution in [0.25, 0.3) is 21.8 Å². The summed E-state index contributed by atoms with van der Waals surface area (Å²) in [7, 11) is 0. The number of carbonyl (C=O) groups is 1. The third kappa shape index (κ3) is 2.28. The molecule has 1 heterocycles. The largest absolute Gasteiger partial charge is 0.432 e. The molecule has 4 N–H and O–H groups in total. The Labute approximate surface area is 126 Å². The molecule has 1 aromatic heterocycles. The summed E-state index contributed by atoms with van der Waals surface area (Å²) < 4.78 is 4.83. The van der Waals surface area contributed by atoms with Crippen LogP contribution in [-0.4, -0.2) is 21.3 Å². The number of aromatic amines is 1.